The van der Waals surface area contributed by atoms with Crippen molar-refractivity contribution in [2.75, 3.05) is 38.2 Å². The van der Waals surface area contributed by atoms with Crippen molar-refractivity contribution in [3.63, 3.8) is 0 Å². The van der Waals surface area contributed by atoms with Crippen LogP contribution >= 0.6 is 0 Å². The summed E-state index contributed by atoms with van der Waals surface area (Å²) < 4.78 is 35.5. The summed E-state index contributed by atoms with van der Waals surface area (Å²) in [6.07, 6.45) is 2.89. The number of methoxy groups -OCH3 is 1. The molecule has 2 aromatic heterocycles. The van der Waals surface area contributed by atoms with E-state index in [0.29, 0.717) is 44.3 Å². The van der Waals surface area contributed by atoms with Crippen LogP contribution < -0.4 is 9.64 Å². The van der Waals surface area contributed by atoms with Gasteiger partial charge in [0.2, 0.25) is 10.0 Å². The van der Waals surface area contributed by atoms with Gasteiger partial charge in [0.1, 0.15) is 17.4 Å². The van der Waals surface area contributed by atoms with Crippen LogP contribution in [0.2, 0.25) is 0 Å². The number of benzene rings is 2. The lowest BCUT2D eigenvalue weighted by Crippen LogP contribution is -2.35. The van der Waals surface area contributed by atoms with Gasteiger partial charge >= 0.3 is 0 Å². The van der Waals surface area contributed by atoms with E-state index in [4.69, 9.17) is 19.8 Å². The van der Waals surface area contributed by atoms with E-state index >= 15 is 0 Å². The standard InChI is InChI=1S/C28H32N6O3S/c1-19-5-9-22(10-6-19)34-28-25(20(2)31-34)27(29-26(30-28)21-7-8-21)32-15-4-16-33(18-17-32)38(35,36)24-13-11-23(37-3)12-14-24/h5-6,9-14,21H,4,7-8,15-18H2,1-3H3. The Bertz CT molecular complexity index is 1580. The van der Waals surface area contributed by atoms with Crippen LogP contribution in [-0.4, -0.2) is 65.8 Å². The summed E-state index contributed by atoms with van der Waals surface area (Å²) in [5.41, 5.74) is 3.83. The SMILES string of the molecule is COc1ccc(S(=O)(=O)N2CCCN(c3nc(C4CC4)nc4c3c(C)nn4-c3ccc(C)cc3)CC2)cc1. The van der Waals surface area contributed by atoms with Gasteiger partial charge in [0.25, 0.3) is 0 Å². The number of aromatic nitrogens is 4. The van der Waals surface area contributed by atoms with Gasteiger partial charge in [-0.3, -0.25) is 0 Å². The highest BCUT2D eigenvalue weighted by atomic mass is 32.2. The molecule has 0 bridgehead atoms. The summed E-state index contributed by atoms with van der Waals surface area (Å²) in [7, 11) is -2.04. The minimum Gasteiger partial charge on any atom is -0.497 e. The second-order valence-corrected chi connectivity index (χ2v) is 12.1. The molecule has 0 N–H and O–H groups in total. The molecule has 2 fully saturated rings. The Kier molecular flexibility index (Phi) is 6.31. The van der Waals surface area contributed by atoms with Gasteiger partial charge in [0.15, 0.2) is 5.65 Å². The van der Waals surface area contributed by atoms with Gasteiger partial charge < -0.3 is 9.64 Å². The number of ether oxygens (including phenoxy) is 1. The number of aryl methyl sites for hydroxylation is 2. The summed E-state index contributed by atoms with van der Waals surface area (Å²) in [5, 5.41) is 5.80. The minimum atomic E-state index is -3.61. The predicted octanol–water partition coefficient (Wildman–Crippen LogP) is 4.22. The van der Waals surface area contributed by atoms with Crippen LogP contribution in [-0.2, 0) is 10.0 Å². The Labute approximate surface area is 223 Å². The van der Waals surface area contributed by atoms with Crippen LogP contribution in [0.4, 0.5) is 5.82 Å². The Morgan fingerprint density at radius 2 is 1.63 bits per heavy atom. The largest absolute Gasteiger partial charge is 0.497 e. The number of fused-ring (bicyclic) bond motifs is 1. The van der Waals surface area contributed by atoms with E-state index in [2.05, 4.69) is 36.1 Å². The van der Waals surface area contributed by atoms with Gasteiger partial charge in [-0.15, -0.1) is 0 Å². The topological polar surface area (TPSA) is 93.5 Å². The fraction of sp³-hybridized carbons (Fsp3) is 0.393. The molecule has 1 saturated heterocycles. The summed E-state index contributed by atoms with van der Waals surface area (Å²) in [6.45, 7) is 6.15. The third-order valence-corrected chi connectivity index (χ3v) is 9.29. The first-order valence-electron chi connectivity index (χ1n) is 13.1. The van der Waals surface area contributed by atoms with Crippen LogP contribution in [0.5, 0.6) is 5.75 Å². The van der Waals surface area contributed by atoms with E-state index in [1.807, 2.05) is 11.6 Å². The molecule has 3 heterocycles. The molecule has 10 heteroatoms. The zero-order chi connectivity index (χ0) is 26.4. The van der Waals surface area contributed by atoms with Gasteiger partial charge in [0.05, 0.1) is 28.8 Å². The van der Waals surface area contributed by atoms with Gasteiger partial charge in [-0.25, -0.2) is 23.1 Å². The van der Waals surface area contributed by atoms with Crippen LogP contribution in [0, 0.1) is 13.8 Å². The Morgan fingerprint density at radius 1 is 0.895 bits per heavy atom. The molecule has 2 aromatic carbocycles. The first-order valence-corrected chi connectivity index (χ1v) is 14.5. The van der Waals surface area contributed by atoms with Crippen molar-refractivity contribution in [1.82, 2.24) is 24.1 Å². The molecule has 38 heavy (non-hydrogen) atoms. The lowest BCUT2D eigenvalue weighted by atomic mass is 10.2. The van der Waals surface area contributed by atoms with E-state index in [0.717, 1.165) is 46.9 Å². The average molecular weight is 533 g/mol. The number of anilines is 1. The monoisotopic (exact) mass is 532 g/mol. The van der Waals surface area contributed by atoms with Crippen molar-refractivity contribution < 1.29 is 13.2 Å². The number of sulfonamides is 1. The molecule has 0 amide bonds. The molecule has 198 valence electrons. The Morgan fingerprint density at radius 3 is 2.32 bits per heavy atom. The quantitative estimate of drug-likeness (QED) is 0.367. The maximum Gasteiger partial charge on any atom is 0.243 e. The van der Waals surface area contributed by atoms with E-state index in [9.17, 15) is 8.42 Å². The molecular weight excluding hydrogens is 500 g/mol. The second kappa shape index (κ2) is 9.67. The smallest absolute Gasteiger partial charge is 0.243 e. The molecule has 2 aliphatic rings. The zero-order valence-electron chi connectivity index (χ0n) is 22.0. The molecule has 0 radical (unpaired) electrons. The molecule has 9 nitrogen and oxygen atoms in total. The zero-order valence-corrected chi connectivity index (χ0v) is 22.8. The maximum atomic E-state index is 13.4. The van der Waals surface area contributed by atoms with Crippen LogP contribution in [0.15, 0.2) is 53.4 Å². The van der Waals surface area contributed by atoms with E-state index in [1.165, 1.54) is 5.56 Å². The fourth-order valence-corrected chi connectivity index (χ4v) is 6.51. The molecule has 1 saturated carbocycles. The van der Waals surface area contributed by atoms with E-state index in [1.54, 1.807) is 35.7 Å². The van der Waals surface area contributed by atoms with Crippen molar-refractivity contribution in [1.29, 1.82) is 0 Å². The number of hydrogen-bond acceptors (Lipinski definition) is 7. The lowest BCUT2D eigenvalue weighted by Gasteiger charge is -2.24. The first kappa shape index (κ1) is 24.8. The Balaban J connectivity index is 1.35. The summed E-state index contributed by atoms with van der Waals surface area (Å²) in [6, 6.07) is 14.9. The molecule has 1 aliphatic carbocycles. The average Bonchev–Trinajstić information content (AvgIpc) is 3.75. The minimum absolute atomic E-state index is 0.280. The third kappa shape index (κ3) is 4.52. The lowest BCUT2D eigenvalue weighted by molar-refractivity contribution is 0.413. The van der Waals surface area contributed by atoms with Crippen molar-refractivity contribution in [3.8, 4) is 11.4 Å². The molecule has 1 aliphatic heterocycles. The fourth-order valence-electron chi connectivity index (χ4n) is 5.04. The van der Waals surface area contributed by atoms with Gasteiger partial charge in [-0.05, 0) is 69.5 Å². The highest BCUT2D eigenvalue weighted by Crippen LogP contribution is 2.41. The molecule has 0 atom stereocenters. The van der Waals surface area contributed by atoms with Crippen molar-refractivity contribution >= 4 is 26.9 Å². The van der Waals surface area contributed by atoms with Crippen molar-refractivity contribution in [3.05, 3.63) is 65.6 Å². The van der Waals surface area contributed by atoms with E-state index in [-0.39, 0.29) is 4.90 Å². The highest BCUT2D eigenvalue weighted by molar-refractivity contribution is 7.89. The number of rotatable bonds is 6. The third-order valence-electron chi connectivity index (χ3n) is 7.37. The molecule has 0 unspecified atom stereocenters. The van der Waals surface area contributed by atoms with E-state index < -0.39 is 10.0 Å². The number of nitrogens with zero attached hydrogens (tertiary/aromatic N) is 6. The van der Waals surface area contributed by atoms with Crippen LogP contribution in [0.25, 0.3) is 16.7 Å². The molecular formula is C28H32N6O3S. The maximum absolute atomic E-state index is 13.4. The molecule has 6 rings (SSSR count). The van der Waals surface area contributed by atoms with Crippen molar-refractivity contribution in [2.45, 2.75) is 43.9 Å². The van der Waals surface area contributed by atoms with Gasteiger partial charge in [-0.1, -0.05) is 17.7 Å². The van der Waals surface area contributed by atoms with Crippen molar-refractivity contribution in [2.24, 2.45) is 0 Å². The summed E-state index contributed by atoms with van der Waals surface area (Å²) >= 11 is 0. The highest BCUT2D eigenvalue weighted by Gasteiger charge is 2.32. The molecule has 4 aromatic rings. The van der Waals surface area contributed by atoms with Crippen LogP contribution in [0.1, 0.15) is 42.3 Å². The van der Waals surface area contributed by atoms with Gasteiger partial charge in [-0.2, -0.15) is 9.40 Å². The first-order chi connectivity index (χ1) is 18.3. The molecule has 0 spiro atoms. The summed E-state index contributed by atoms with van der Waals surface area (Å²) in [4.78, 5) is 12.5. The Hall–Kier alpha value is -3.50. The van der Waals surface area contributed by atoms with Gasteiger partial charge in [0, 0.05) is 32.1 Å². The second-order valence-electron chi connectivity index (χ2n) is 10.1. The van der Waals surface area contributed by atoms with Crippen LogP contribution in [0.3, 0.4) is 0 Å². The number of hydrogen-bond donors (Lipinski definition) is 0. The predicted molar refractivity (Wildman–Crippen MR) is 147 cm³/mol. The normalized spacial score (nSPS) is 17.1. The summed E-state index contributed by atoms with van der Waals surface area (Å²) in [5.74, 6) is 2.72.